The quantitative estimate of drug-likeness (QED) is 0.131. The van der Waals surface area contributed by atoms with Crippen LogP contribution in [-0.4, -0.2) is 43.2 Å². The molecule has 1 aliphatic rings. The Labute approximate surface area is 263 Å². The molecule has 6 nitrogen and oxygen atoms in total. The predicted octanol–water partition coefficient (Wildman–Crippen LogP) is 7.38. The first-order valence-corrected chi connectivity index (χ1v) is 15.5. The lowest BCUT2D eigenvalue weighted by Gasteiger charge is -2.36. The van der Waals surface area contributed by atoms with E-state index < -0.39 is 11.3 Å². The lowest BCUT2D eigenvalue weighted by Crippen LogP contribution is -2.52. The largest absolute Gasteiger partial charge is 0.491 e. The molecule has 2 heterocycles. The normalized spacial score (nSPS) is 14.4. The standard InChI is InChI=1S/C32H29Cl3N2O4S/c33-22-9-7-20(8-10-22)26-27(41-18-4-17-38)29(42-28(26)24-12-11-23(34)19-25(24)35)30(39)37-31(40)32(13-15-36-16-14-32)21-5-2-1-3-6-21/h1-3,5-12,19,36,38H,4,13-18H2,(H,37,39,40). The van der Waals surface area contributed by atoms with Gasteiger partial charge in [0.1, 0.15) is 4.88 Å². The fraction of sp³-hybridized carbons (Fsp3) is 0.250. The van der Waals surface area contributed by atoms with E-state index >= 15 is 0 Å². The number of imide groups is 1. The lowest BCUT2D eigenvalue weighted by atomic mass is 9.72. The fourth-order valence-electron chi connectivity index (χ4n) is 5.22. The van der Waals surface area contributed by atoms with E-state index in [9.17, 15) is 14.7 Å². The molecule has 1 fully saturated rings. The SMILES string of the molecule is O=C(NC(=O)C1(c2ccccc2)CCNCC1)c1sc(-c2ccc(Cl)cc2Cl)c(-c2ccc(Cl)cc2)c1OCCCO. The molecule has 4 aromatic rings. The molecular weight excluding hydrogens is 615 g/mol. The maximum atomic E-state index is 14.0. The summed E-state index contributed by atoms with van der Waals surface area (Å²) in [5, 5.41) is 16.9. The number of amides is 2. The zero-order valence-electron chi connectivity index (χ0n) is 22.6. The molecule has 0 radical (unpaired) electrons. The summed E-state index contributed by atoms with van der Waals surface area (Å²) in [5.41, 5.74) is 2.07. The van der Waals surface area contributed by atoms with Crippen LogP contribution in [0.15, 0.2) is 72.8 Å². The molecule has 5 rings (SSSR count). The molecular formula is C32H29Cl3N2O4S. The number of nitrogens with one attached hydrogen (secondary N) is 2. The molecule has 3 N–H and O–H groups in total. The summed E-state index contributed by atoms with van der Waals surface area (Å²) < 4.78 is 6.18. The molecule has 42 heavy (non-hydrogen) atoms. The van der Waals surface area contributed by atoms with Crippen molar-refractivity contribution < 1.29 is 19.4 Å². The second-order valence-corrected chi connectivity index (χ2v) is 12.3. The van der Waals surface area contributed by atoms with Gasteiger partial charge in [0.2, 0.25) is 5.91 Å². The van der Waals surface area contributed by atoms with Gasteiger partial charge >= 0.3 is 0 Å². The van der Waals surface area contributed by atoms with Gasteiger partial charge in [-0.3, -0.25) is 14.9 Å². The highest BCUT2D eigenvalue weighted by Gasteiger charge is 2.42. The van der Waals surface area contributed by atoms with Gasteiger partial charge in [0.15, 0.2) is 5.75 Å². The van der Waals surface area contributed by atoms with E-state index in [1.165, 1.54) is 11.3 Å². The minimum atomic E-state index is -0.849. The Morgan fingerprint density at radius 2 is 1.64 bits per heavy atom. The van der Waals surface area contributed by atoms with Gasteiger partial charge < -0.3 is 15.2 Å². The van der Waals surface area contributed by atoms with E-state index in [0.29, 0.717) is 69.2 Å². The number of benzene rings is 3. The van der Waals surface area contributed by atoms with Crippen molar-refractivity contribution in [1.29, 1.82) is 0 Å². The van der Waals surface area contributed by atoms with Crippen LogP contribution in [0.4, 0.5) is 0 Å². The molecule has 0 spiro atoms. The first-order valence-electron chi connectivity index (χ1n) is 13.6. The van der Waals surface area contributed by atoms with E-state index in [2.05, 4.69) is 10.6 Å². The minimum absolute atomic E-state index is 0.0794. The van der Waals surface area contributed by atoms with Crippen molar-refractivity contribution in [3.63, 3.8) is 0 Å². The maximum Gasteiger partial charge on any atom is 0.271 e. The zero-order valence-corrected chi connectivity index (χ0v) is 25.7. The number of ether oxygens (including phenoxy) is 1. The molecule has 1 aliphatic heterocycles. The van der Waals surface area contributed by atoms with Gasteiger partial charge in [0, 0.05) is 39.1 Å². The van der Waals surface area contributed by atoms with Gasteiger partial charge in [-0.15, -0.1) is 11.3 Å². The molecule has 0 aliphatic carbocycles. The smallest absolute Gasteiger partial charge is 0.271 e. The first kappa shape index (κ1) is 30.5. The number of halogens is 3. The van der Waals surface area contributed by atoms with E-state index in [1.807, 2.05) is 42.5 Å². The summed E-state index contributed by atoms with van der Waals surface area (Å²) in [5.74, 6) is -0.612. The van der Waals surface area contributed by atoms with Gasteiger partial charge in [-0.05, 0) is 61.3 Å². The van der Waals surface area contributed by atoms with Crippen LogP contribution in [0.1, 0.15) is 34.5 Å². The molecule has 0 bridgehead atoms. The van der Waals surface area contributed by atoms with Crippen LogP contribution in [0.5, 0.6) is 5.75 Å². The summed E-state index contributed by atoms with van der Waals surface area (Å²) in [7, 11) is 0. The van der Waals surface area contributed by atoms with Crippen LogP contribution >= 0.6 is 46.1 Å². The van der Waals surface area contributed by atoms with Crippen molar-refractivity contribution in [2.24, 2.45) is 0 Å². The van der Waals surface area contributed by atoms with Gasteiger partial charge in [-0.1, -0.05) is 83.3 Å². The number of hydrogen-bond donors (Lipinski definition) is 3. The number of carbonyl (C=O) groups is 2. The van der Waals surface area contributed by atoms with E-state index in [0.717, 1.165) is 11.1 Å². The predicted molar refractivity (Wildman–Crippen MR) is 170 cm³/mol. The summed E-state index contributed by atoms with van der Waals surface area (Å²) in [6, 6.07) is 21.9. The third-order valence-electron chi connectivity index (χ3n) is 7.37. The summed E-state index contributed by atoms with van der Waals surface area (Å²) in [4.78, 5) is 28.9. The van der Waals surface area contributed by atoms with Gasteiger partial charge in [-0.2, -0.15) is 0 Å². The monoisotopic (exact) mass is 642 g/mol. The molecule has 10 heteroatoms. The van der Waals surface area contributed by atoms with Crippen LogP contribution in [0.25, 0.3) is 21.6 Å². The first-order chi connectivity index (χ1) is 20.3. The molecule has 2 amide bonds. The Bertz CT molecular complexity index is 1570. The van der Waals surface area contributed by atoms with Crippen LogP contribution in [0.3, 0.4) is 0 Å². The summed E-state index contributed by atoms with van der Waals surface area (Å²) in [6.45, 7) is 1.40. The Kier molecular flexibility index (Phi) is 9.88. The topological polar surface area (TPSA) is 87.7 Å². The van der Waals surface area contributed by atoms with Crippen LogP contribution in [0, 0.1) is 0 Å². The van der Waals surface area contributed by atoms with Gasteiger partial charge in [0.05, 0.1) is 17.0 Å². The minimum Gasteiger partial charge on any atom is -0.491 e. The Hall–Kier alpha value is -2.91. The number of piperidine rings is 1. The highest BCUT2D eigenvalue weighted by atomic mass is 35.5. The Balaban J connectivity index is 1.61. The van der Waals surface area contributed by atoms with Gasteiger partial charge in [0.25, 0.3) is 5.91 Å². The molecule has 0 unspecified atom stereocenters. The molecule has 0 saturated carbocycles. The van der Waals surface area contributed by atoms with Crippen molar-refractivity contribution in [1.82, 2.24) is 10.6 Å². The molecule has 3 aromatic carbocycles. The second kappa shape index (κ2) is 13.6. The van der Waals surface area contributed by atoms with E-state index in [-0.39, 0.29) is 24.0 Å². The van der Waals surface area contributed by atoms with Crippen LogP contribution in [-0.2, 0) is 10.2 Å². The molecule has 0 atom stereocenters. The number of aliphatic hydroxyl groups is 1. The second-order valence-electron chi connectivity index (χ2n) is 10.0. The van der Waals surface area contributed by atoms with Crippen molar-refractivity contribution in [2.45, 2.75) is 24.7 Å². The fourth-order valence-corrected chi connectivity index (χ4v) is 7.11. The molecule has 1 saturated heterocycles. The molecule has 1 aromatic heterocycles. The highest BCUT2D eigenvalue weighted by molar-refractivity contribution is 7.18. The third kappa shape index (κ3) is 6.37. The van der Waals surface area contributed by atoms with Crippen LogP contribution in [0.2, 0.25) is 15.1 Å². The van der Waals surface area contributed by atoms with Crippen molar-refractivity contribution in [2.75, 3.05) is 26.3 Å². The average molecular weight is 644 g/mol. The number of hydrogen-bond acceptors (Lipinski definition) is 6. The molecule has 218 valence electrons. The number of rotatable bonds is 9. The van der Waals surface area contributed by atoms with Crippen molar-refractivity contribution in [3.8, 4) is 27.3 Å². The highest BCUT2D eigenvalue weighted by Crippen LogP contribution is 2.50. The summed E-state index contributed by atoms with van der Waals surface area (Å²) in [6.07, 6.45) is 1.47. The third-order valence-corrected chi connectivity index (χ3v) is 9.38. The van der Waals surface area contributed by atoms with Gasteiger partial charge in [-0.25, -0.2) is 0 Å². The van der Waals surface area contributed by atoms with E-state index in [1.54, 1.807) is 30.3 Å². The summed E-state index contributed by atoms with van der Waals surface area (Å²) >= 11 is 20.2. The average Bonchev–Trinajstić information content (AvgIpc) is 3.37. The Morgan fingerprint density at radius 3 is 2.31 bits per heavy atom. The van der Waals surface area contributed by atoms with E-state index in [4.69, 9.17) is 39.5 Å². The maximum absolute atomic E-state index is 14.0. The van der Waals surface area contributed by atoms with Crippen molar-refractivity contribution >= 4 is 58.0 Å². The Morgan fingerprint density at radius 1 is 0.952 bits per heavy atom. The van der Waals surface area contributed by atoms with Crippen molar-refractivity contribution in [3.05, 3.63) is 98.3 Å². The zero-order chi connectivity index (χ0) is 29.7. The lowest BCUT2D eigenvalue weighted by molar-refractivity contribution is -0.126. The number of aliphatic hydroxyl groups excluding tert-OH is 1. The number of thiophene rings is 1. The number of carbonyl (C=O) groups excluding carboxylic acids is 2. The van der Waals surface area contributed by atoms with Crippen LogP contribution < -0.4 is 15.4 Å².